The number of hydrogen-bond acceptors (Lipinski definition) is 4. The van der Waals surface area contributed by atoms with Gasteiger partial charge in [0.2, 0.25) is 5.91 Å². The minimum absolute atomic E-state index is 0.203. The summed E-state index contributed by atoms with van der Waals surface area (Å²) in [6.07, 6.45) is 5.19. The number of ether oxygens (including phenoxy) is 1. The van der Waals surface area contributed by atoms with Gasteiger partial charge in [-0.05, 0) is 51.7 Å². The normalized spacial score (nSPS) is 16.6. The minimum Gasteiger partial charge on any atom is -0.385 e. The molecule has 0 aliphatic carbocycles. The van der Waals surface area contributed by atoms with Crippen molar-refractivity contribution in [3.63, 3.8) is 0 Å². The van der Waals surface area contributed by atoms with Crippen LogP contribution in [-0.4, -0.2) is 64.3 Å². The van der Waals surface area contributed by atoms with Crippen molar-refractivity contribution in [2.24, 2.45) is 5.92 Å². The summed E-state index contributed by atoms with van der Waals surface area (Å²) in [5, 5.41) is 6.37. The average molecular weight is 285 g/mol. The quantitative estimate of drug-likeness (QED) is 0.584. The van der Waals surface area contributed by atoms with E-state index < -0.39 is 0 Å². The molecular weight excluding hydrogens is 254 g/mol. The van der Waals surface area contributed by atoms with Crippen LogP contribution >= 0.6 is 0 Å². The lowest BCUT2D eigenvalue weighted by Crippen LogP contribution is -2.34. The molecule has 5 heteroatoms. The summed E-state index contributed by atoms with van der Waals surface area (Å²) in [7, 11) is 3.81. The molecular formula is C15H31N3O2. The summed E-state index contributed by atoms with van der Waals surface area (Å²) in [5.41, 5.74) is 0. The maximum Gasteiger partial charge on any atom is 0.220 e. The largest absolute Gasteiger partial charge is 0.385 e. The van der Waals surface area contributed by atoms with Crippen LogP contribution in [0.15, 0.2) is 0 Å². The lowest BCUT2D eigenvalue weighted by molar-refractivity contribution is -0.121. The van der Waals surface area contributed by atoms with E-state index >= 15 is 0 Å². The van der Waals surface area contributed by atoms with Gasteiger partial charge in [-0.1, -0.05) is 0 Å². The van der Waals surface area contributed by atoms with E-state index in [0.29, 0.717) is 6.42 Å². The van der Waals surface area contributed by atoms with Crippen LogP contribution in [0, 0.1) is 5.92 Å². The molecule has 0 aromatic heterocycles. The smallest absolute Gasteiger partial charge is 0.220 e. The van der Waals surface area contributed by atoms with E-state index in [1.165, 1.54) is 12.8 Å². The third kappa shape index (κ3) is 8.51. The molecule has 5 nitrogen and oxygen atoms in total. The van der Waals surface area contributed by atoms with Gasteiger partial charge >= 0.3 is 0 Å². The van der Waals surface area contributed by atoms with Crippen molar-refractivity contribution in [2.45, 2.75) is 32.1 Å². The van der Waals surface area contributed by atoms with Gasteiger partial charge in [-0.25, -0.2) is 0 Å². The molecule has 118 valence electrons. The van der Waals surface area contributed by atoms with Gasteiger partial charge in [0.15, 0.2) is 0 Å². The predicted molar refractivity (Wildman–Crippen MR) is 81.8 cm³/mol. The maximum absolute atomic E-state index is 11.8. The van der Waals surface area contributed by atoms with Gasteiger partial charge in [-0.15, -0.1) is 0 Å². The predicted octanol–water partition coefficient (Wildman–Crippen LogP) is 0.851. The Balaban J connectivity index is 1.96. The fraction of sp³-hybridized carbons (Fsp3) is 0.933. The van der Waals surface area contributed by atoms with Crippen LogP contribution in [0.4, 0.5) is 0 Å². The zero-order valence-corrected chi connectivity index (χ0v) is 13.1. The lowest BCUT2D eigenvalue weighted by Gasteiger charge is -2.22. The molecule has 0 aromatic rings. The van der Waals surface area contributed by atoms with Gasteiger partial charge in [-0.2, -0.15) is 0 Å². The van der Waals surface area contributed by atoms with E-state index in [1.807, 2.05) is 0 Å². The van der Waals surface area contributed by atoms with Crippen molar-refractivity contribution in [3.05, 3.63) is 0 Å². The fourth-order valence-corrected chi connectivity index (χ4v) is 2.57. The molecule has 1 fully saturated rings. The van der Waals surface area contributed by atoms with Crippen LogP contribution in [0.5, 0.6) is 0 Å². The molecule has 2 N–H and O–H groups in total. The molecule has 0 radical (unpaired) electrons. The topological polar surface area (TPSA) is 53.6 Å². The zero-order chi connectivity index (χ0) is 14.6. The van der Waals surface area contributed by atoms with Gasteiger partial charge in [0.05, 0.1) is 0 Å². The molecule has 1 heterocycles. The molecule has 0 unspecified atom stereocenters. The minimum atomic E-state index is 0.203. The Kier molecular flexibility index (Phi) is 9.62. The summed E-state index contributed by atoms with van der Waals surface area (Å²) in [6, 6.07) is 0. The van der Waals surface area contributed by atoms with E-state index in [9.17, 15) is 4.79 Å². The van der Waals surface area contributed by atoms with Gasteiger partial charge < -0.3 is 20.3 Å². The van der Waals surface area contributed by atoms with E-state index in [0.717, 1.165) is 58.1 Å². The number of methoxy groups -OCH3 is 1. The standard InChI is InChI=1S/C15H31N3O2/c1-18(11-3-13-20-2)12-10-17-15(19)5-4-14-6-8-16-9-7-14/h14,16H,3-13H2,1-2H3,(H,17,19). The lowest BCUT2D eigenvalue weighted by atomic mass is 9.93. The highest BCUT2D eigenvalue weighted by molar-refractivity contribution is 5.75. The number of carbonyl (C=O) groups is 1. The molecule has 0 saturated carbocycles. The Hall–Kier alpha value is -0.650. The zero-order valence-electron chi connectivity index (χ0n) is 13.1. The Morgan fingerprint density at radius 1 is 1.35 bits per heavy atom. The average Bonchev–Trinajstić information content (AvgIpc) is 2.46. The highest BCUT2D eigenvalue weighted by atomic mass is 16.5. The number of amides is 1. The number of nitrogens with one attached hydrogen (secondary N) is 2. The van der Waals surface area contributed by atoms with Crippen molar-refractivity contribution >= 4 is 5.91 Å². The van der Waals surface area contributed by atoms with Crippen LogP contribution in [0.2, 0.25) is 0 Å². The first-order valence-electron chi connectivity index (χ1n) is 7.87. The molecule has 1 rings (SSSR count). The summed E-state index contributed by atoms with van der Waals surface area (Å²) in [5.74, 6) is 0.938. The summed E-state index contributed by atoms with van der Waals surface area (Å²) in [6.45, 7) is 5.68. The monoisotopic (exact) mass is 285 g/mol. The first-order valence-corrected chi connectivity index (χ1v) is 7.87. The molecule has 1 aliphatic heterocycles. The Labute approximate surface area is 123 Å². The highest BCUT2D eigenvalue weighted by Crippen LogP contribution is 2.17. The van der Waals surface area contributed by atoms with Crippen molar-refractivity contribution in [3.8, 4) is 0 Å². The van der Waals surface area contributed by atoms with Crippen molar-refractivity contribution in [2.75, 3.05) is 53.5 Å². The molecule has 1 aliphatic rings. The molecule has 1 saturated heterocycles. The van der Waals surface area contributed by atoms with E-state index in [-0.39, 0.29) is 5.91 Å². The van der Waals surface area contributed by atoms with E-state index in [2.05, 4.69) is 22.6 Å². The van der Waals surface area contributed by atoms with Gasteiger partial charge in [0.1, 0.15) is 0 Å². The number of carbonyl (C=O) groups excluding carboxylic acids is 1. The van der Waals surface area contributed by atoms with Crippen LogP contribution in [0.1, 0.15) is 32.1 Å². The van der Waals surface area contributed by atoms with Gasteiger partial charge in [0.25, 0.3) is 0 Å². The van der Waals surface area contributed by atoms with E-state index in [4.69, 9.17) is 4.74 Å². The van der Waals surface area contributed by atoms with Crippen LogP contribution < -0.4 is 10.6 Å². The SMILES string of the molecule is COCCCN(C)CCNC(=O)CCC1CCNCC1. The first kappa shape index (κ1) is 17.4. The second kappa shape index (κ2) is 11.1. The Morgan fingerprint density at radius 3 is 2.80 bits per heavy atom. The second-order valence-electron chi connectivity index (χ2n) is 5.73. The molecule has 0 aromatic carbocycles. The third-order valence-corrected chi connectivity index (χ3v) is 3.94. The van der Waals surface area contributed by atoms with Crippen LogP contribution in [0.25, 0.3) is 0 Å². The Morgan fingerprint density at radius 2 is 2.10 bits per heavy atom. The Bertz CT molecular complexity index is 256. The number of likely N-dealkylation sites (N-methyl/N-ethyl adjacent to an activating group) is 1. The molecule has 1 amide bonds. The van der Waals surface area contributed by atoms with Crippen molar-refractivity contribution in [1.82, 2.24) is 15.5 Å². The fourth-order valence-electron chi connectivity index (χ4n) is 2.57. The van der Waals surface area contributed by atoms with Gasteiger partial charge in [0, 0.05) is 39.8 Å². The highest BCUT2D eigenvalue weighted by Gasteiger charge is 2.14. The van der Waals surface area contributed by atoms with Crippen LogP contribution in [-0.2, 0) is 9.53 Å². The maximum atomic E-state index is 11.8. The summed E-state index contributed by atoms with van der Waals surface area (Å²) in [4.78, 5) is 14.0. The van der Waals surface area contributed by atoms with Crippen LogP contribution in [0.3, 0.4) is 0 Å². The summed E-state index contributed by atoms with van der Waals surface area (Å²) >= 11 is 0. The van der Waals surface area contributed by atoms with Crippen molar-refractivity contribution in [1.29, 1.82) is 0 Å². The third-order valence-electron chi connectivity index (χ3n) is 3.94. The van der Waals surface area contributed by atoms with Crippen molar-refractivity contribution < 1.29 is 9.53 Å². The number of rotatable bonds is 10. The molecule has 0 bridgehead atoms. The van der Waals surface area contributed by atoms with E-state index in [1.54, 1.807) is 7.11 Å². The summed E-state index contributed by atoms with van der Waals surface area (Å²) < 4.78 is 5.02. The molecule has 20 heavy (non-hydrogen) atoms. The van der Waals surface area contributed by atoms with Gasteiger partial charge in [-0.3, -0.25) is 4.79 Å². The second-order valence-corrected chi connectivity index (χ2v) is 5.73. The number of hydrogen-bond donors (Lipinski definition) is 2. The number of piperidine rings is 1. The number of nitrogens with zero attached hydrogens (tertiary/aromatic N) is 1. The molecule has 0 spiro atoms. The first-order chi connectivity index (χ1) is 9.72. The molecule has 0 atom stereocenters.